The molecule has 0 aromatic heterocycles. The van der Waals surface area contributed by atoms with Crippen molar-refractivity contribution in [2.24, 2.45) is 11.8 Å². The summed E-state index contributed by atoms with van der Waals surface area (Å²) in [5, 5.41) is 18.7. The van der Waals surface area contributed by atoms with Crippen LogP contribution in [0.2, 0.25) is 0 Å². The molecule has 2 fully saturated rings. The Morgan fingerprint density at radius 3 is 2.45 bits per heavy atom. The number of hydrogen-bond acceptors (Lipinski definition) is 3. The molecular weight excluding hydrogens is 258 g/mol. The van der Waals surface area contributed by atoms with Gasteiger partial charge in [-0.1, -0.05) is 26.2 Å². The lowest BCUT2D eigenvalue weighted by molar-refractivity contribution is -0.160. The van der Waals surface area contributed by atoms with Crippen LogP contribution in [0.5, 0.6) is 0 Å². The second-order valence-electron chi connectivity index (χ2n) is 6.14. The molecular formula is C15H25NO4. The van der Waals surface area contributed by atoms with Crippen molar-refractivity contribution in [2.45, 2.75) is 64.0 Å². The minimum atomic E-state index is -0.945. The lowest BCUT2D eigenvalue weighted by atomic mass is 9.80. The summed E-state index contributed by atoms with van der Waals surface area (Å²) in [5.41, 5.74) is 0. The Hall–Kier alpha value is -1.10. The lowest BCUT2D eigenvalue weighted by Gasteiger charge is -2.41. The molecule has 2 saturated heterocycles. The van der Waals surface area contributed by atoms with Gasteiger partial charge in [0.1, 0.15) is 0 Å². The monoisotopic (exact) mass is 283 g/mol. The van der Waals surface area contributed by atoms with Crippen molar-refractivity contribution >= 4 is 11.9 Å². The van der Waals surface area contributed by atoms with Gasteiger partial charge in [-0.3, -0.25) is 14.5 Å². The van der Waals surface area contributed by atoms with E-state index in [1.54, 1.807) is 0 Å². The van der Waals surface area contributed by atoms with Gasteiger partial charge in [0.15, 0.2) is 0 Å². The maximum atomic E-state index is 11.5. The molecule has 0 spiro atoms. The fraction of sp³-hybridized carbons (Fsp3) is 0.867. The molecule has 2 heterocycles. The quantitative estimate of drug-likeness (QED) is 0.700. The predicted octanol–water partition coefficient (Wildman–Crippen LogP) is 2.21. The van der Waals surface area contributed by atoms with Crippen molar-refractivity contribution in [1.82, 2.24) is 4.90 Å². The van der Waals surface area contributed by atoms with Gasteiger partial charge in [-0.2, -0.15) is 0 Å². The van der Waals surface area contributed by atoms with Crippen molar-refractivity contribution in [3.8, 4) is 0 Å². The minimum absolute atomic E-state index is 0.0750. The lowest BCUT2D eigenvalue weighted by Crippen LogP contribution is -2.53. The molecule has 5 nitrogen and oxygen atoms in total. The van der Waals surface area contributed by atoms with Crippen LogP contribution in [0.15, 0.2) is 0 Å². The zero-order valence-corrected chi connectivity index (χ0v) is 12.1. The molecule has 2 aliphatic rings. The van der Waals surface area contributed by atoms with E-state index in [0.29, 0.717) is 6.42 Å². The van der Waals surface area contributed by atoms with E-state index < -0.39 is 23.8 Å². The fourth-order valence-corrected chi connectivity index (χ4v) is 3.97. The molecule has 5 heteroatoms. The highest BCUT2D eigenvalue weighted by atomic mass is 16.4. The summed E-state index contributed by atoms with van der Waals surface area (Å²) < 4.78 is 0. The van der Waals surface area contributed by atoms with Gasteiger partial charge < -0.3 is 10.2 Å². The molecule has 2 bridgehead atoms. The van der Waals surface area contributed by atoms with Gasteiger partial charge in [0.25, 0.3) is 0 Å². The molecule has 4 atom stereocenters. The number of unbranched alkanes of at least 4 members (excludes halogenated alkanes) is 3. The topological polar surface area (TPSA) is 77.8 Å². The average Bonchev–Trinajstić information content (AvgIpc) is 2.66. The summed E-state index contributed by atoms with van der Waals surface area (Å²) in [4.78, 5) is 25.1. The number of rotatable bonds is 7. The van der Waals surface area contributed by atoms with Crippen LogP contribution >= 0.6 is 0 Å². The largest absolute Gasteiger partial charge is 0.481 e. The second-order valence-corrected chi connectivity index (χ2v) is 6.14. The molecule has 0 aromatic rings. The first kappa shape index (κ1) is 15.3. The van der Waals surface area contributed by atoms with Gasteiger partial charge in [0.05, 0.1) is 11.8 Å². The summed E-state index contributed by atoms with van der Waals surface area (Å²) in [6, 6.07) is 0.201. The zero-order valence-electron chi connectivity index (χ0n) is 12.1. The minimum Gasteiger partial charge on any atom is -0.481 e. The average molecular weight is 283 g/mol. The molecule has 0 amide bonds. The highest BCUT2D eigenvalue weighted by molar-refractivity contribution is 5.81. The Morgan fingerprint density at radius 1 is 1.10 bits per heavy atom. The van der Waals surface area contributed by atoms with Crippen molar-refractivity contribution in [2.75, 3.05) is 6.54 Å². The number of carboxylic acid groups (broad SMARTS) is 2. The molecule has 2 aliphatic heterocycles. The Bertz CT molecular complexity index is 371. The SMILES string of the molecule is CCCCCCN1C2CCC1C(C(=O)O)C(C(=O)O)C2. The molecule has 4 unspecified atom stereocenters. The Kier molecular flexibility index (Phi) is 5.02. The molecule has 0 saturated carbocycles. The van der Waals surface area contributed by atoms with Crippen molar-refractivity contribution in [1.29, 1.82) is 0 Å². The molecule has 20 heavy (non-hydrogen) atoms. The third-order valence-corrected chi connectivity index (χ3v) is 4.94. The summed E-state index contributed by atoms with van der Waals surface area (Å²) in [5.74, 6) is -3.34. The number of aliphatic carboxylic acids is 2. The Balaban J connectivity index is 2.03. The van der Waals surface area contributed by atoms with Gasteiger partial charge >= 0.3 is 11.9 Å². The Labute approximate surface area is 120 Å². The van der Waals surface area contributed by atoms with E-state index >= 15 is 0 Å². The number of nitrogens with zero attached hydrogens (tertiary/aromatic N) is 1. The van der Waals surface area contributed by atoms with Crippen molar-refractivity contribution in [3.05, 3.63) is 0 Å². The van der Waals surface area contributed by atoms with E-state index in [1.165, 1.54) is 19.3 Å². The number of hydrogen-bond donors (Lipinski definition) is 2. The van der Waals surface area contributed by atoms with Crippen LogP contribution in [0.3, 0.4) is 0 Å². The van der Waals surface area contributed by atoms with Crippen molar-refractivity contribution in [3.63, 3.8) is 0 Å². The predicted molar refractivity (Wildman–Crippen MR) is 74.5 cm³/mol. The van der Waals surface area contributed by atoms with Crippen LogP contribution < -0.4 is 0 Å². The van der Waals surface area contributed by atoms with E-state index in [-0.39, 0.29) is 12.1 Å². The van der Waals surface area contributed by atoms with E-state index in [1.807, 2.05) is 0 Å². The van der Waals surface area contributed by atoms with Crippen LogP contribution in [-0.4, -0.2) is 45.7 Å². The highest BCUT2D eigenvalue weighted by Crippen LogP contribution is 2.42. The summed E-state index contributed by atoms with van der Waals surface area (Å²) in [7, 11) is 0. The van der Waals surface area contributed by atoms with Crippen molar-refractivity contribution < 1.29 is 19.8 Å². The smallest absolute Gasteiger partial charge is 0.308 e. The number of carboxylic acids is 2. The Morgan fingerprint density at radius 2 is 1.85 bits per heavy atom. The van der Waals surface area contributed by atoms with Crippen LogP contribution in [0.25, 0.3) is 0 Å². The molecule has 2 N–H and O–H groups in total. The van der Waals surface area contributed by atoms with Gasteiger partial charge in [0.2, 0.25) is 0 Å². The highest BCUT2D eigenvalue weighted by Gasteiger charge is 2.52. The number of fused-ring (bicyclic) bond motifs is 2. The molecule has 0 aromatic carbocycles. The number of carbonyl (C=O) groups is 2. The van der Waals surface area contributed by atoms with E-state index in [0.717, 1.165) is 25.8 Å². The first-order chi connectivity index (χ1) is 9.56. The summed E-state index contributed by atoms with van der Waals surface area (Å²) >= 11 is 0. The number of piperidine rings is 1. The van der Waals surface area contributed by atoms with Gasteiger partial charge in [0, 0.05) is 12.1 Å². The first-order valence-corrected chi connectivity index (χ1v) is 7.77. The van der Waals surface area contributed by atoms with Gasteiger partial charge in [-0.15, -0.1) is 0 Å². The second kappa shape index (κ2) is 6.57. The third kappa shape index (κ3) is 2.97. The maximum Gasteiger partial charge on any atom is 0.308 e. The third-order valence-electron chi connectivity index (χ3n) is 4.94. The normalized spacial score (nSPS) is 33.2. The van der Waals surface area contributed by atoms with E-state index in [4.69, 9.17) is 0 Å². The standard InChI is InChI=1S/C15H25NO4/c1-2-3-4-5-8-16-10-6-7-12(16)13(15(19)20)11(9-10)14(17)18/h10-13H,2-9H2,1H3,(H,17,18)(H,19,20). The van der Waals surface area contributed by atoms with E-state index in [9.17, 15) is 19.8 Å². The van der Waals surface area contributed by atoms with Crippen LogP contribution in [0.4, 0.5) is 0 Å². The van der Waals surface area contributed by atoms with Gasteiger partial charge in [-0.25, -0.2) is 0 Å². The first-order valence-electron chi connectivity index (χ1n) is 7.77. The van der Waals surface area contributed by atoms with Crippen LogP contribution in [-0.2, 0) is 9.59 Å². The summed E-state index contributed by atoms with van der Waals surface area (Å²) in [6.07, 6.45) is 6.94. The van der Waals surface area contributed by atoms with Crippen LogP contribution in [0.1, 0.15) is 51.9 Å². The van der Waals surface area contributed by atoms with Gasteiger partial charge in [-0.05, 0) is 32.2 Å². The maximum absolute atomic E-state index is 11.5. The van der Waals surface area contributed by atoms with E-state index in [2.05, 4.69) is 11.8 Å². The summed E-state index contributed by atoms with van der Waals surface area (Å²) in [6.45, 7) is 3.09. The zero-order chi connectivity index (χ0) is 14.7. The molecule has 0 radical (unpaired) electrons. The molecule has 2 rings (SSSR count). The van der Waals surface area contributed by atoms with Crippen LogP contribution in [0, 0.1) is 11.8 Å². The fourth-order valence-electron chi connectivity index (χ4n) is 3.97. The molecule has 114 valence electrons. The molecule has 0 aliphatic carbocycles.